The van der Waals surface area contributed by atoms with Crippen molar-refractivity contribution in [3.05, 3.63) is 42.0 Å². The quantitative estimate of drug-likeness (QED) is 0.361. The maximum absolute atomic E-state index is 12.9. The van der Waals surface area contributed by atoms with E-state index in [1.165, 1.54) is 5.01 Å². The van der Waals surface area contributed by atoms with E-state index in [0.29, 0.717) is 24.6 Å². The number of hydrogen-bond donors (Lipinski definition) is 2. The van der Waals surface area contributed by atoms with E-state index in [1.54, 1.807) is 24.1 Å². The van der Waals surface area contributed by atoms with Gasteiger partial charge in [0.15, 0.2) is 5.82 Å². The fraction of sp³-hybridized carbons (Fsp3) is 0.519. The predicted octanol–water partition coefficient (Wildman–Crippen LogP) is 2.59. The van der Waals surface area contributed by atoms with E-state index in [1.807, 2.05) is 31.2 Å². The molecule has 2 amide bonds. The molecule has 3 aliphatic heterocycles. The molecule has 0 bridgehead atoms. The zero-order chi connectivity index (χ0) is 26.1. The number of hydrazine groups is 1. The first kappa shape index (κ1) is 25.4. The SMILES string of the molecule is C[C@@H]1C(=O)N(C)c2ccc(Nc3ccc(C(=O)N(N)C4CCN(C)CC4)cc3)nc2N1C1CCOCC1. The summed E-state index contributed by atoms with van der Waals surface area (Å²) >= 11 is 0. The number of carbonyl (C=O) groups excluding carboxylic acids is 2. The zero-order valence-corrected chi connectivity index (χ0v) is 21.9. The molecule has 10 heteroatoms. The van der Waals surface area contributed by atoms with E-state index in [9.17, 15) is 9.59 Å². The van der Waals surface area contributed by atoms with Crippen LogP contribution in [0.1, 0.15) is 43.0 Å². The molecule has 1 atom stereocenters. The number of likely N-dealkylation sites (tertiary alicyclic amines) is 1. The third kappa shape index (κ3) is 5.14. The van der Waals surface area contributed by atoms with Gasteiger partial charge in [0, 0.05) is 37.6 Å². The Kier molecular flexibility index (Phi) is 7.32. The number of nitrogens with two attached hydrogens (primary N) is 1. The molecule has 2 saturated heterocycles. The number of anilines is 4. The van der Waals surface area contributed by atoms with Gasteiger partial charge in [-0.15, -0.1) is 0 Å². The molecule has 3 N–H and O–H groups in total. The first-order chi connectivity index (χ1) is 17.8. The van der Waals surface area contributed by atoms with Crippen molar-refractivity contribution in [1.82, 2.24) is 14.9 Å². The average molecular weight is 508 g/mol. The Morgan fingerprint density at radius 3 is 2.41 bits per heavy atom. The number of hydrogen-bond acceptors (Lipinski definition) is 8. The van der Waals surface area contributed by atoms with Crippen LogP contribution in [0, 0.1) is 0 Å². The Labute approximate surface area is 218 Å². The summed E-state index contributed by atoms with van der Waals surface area (Å²) in [7, 11) is 3.89. The van der Waals surface area contributed by atoms with Crippen LogP contribution in [0.2, 0.25) is 0 Å². The molecular weight excluding hydrogens is 470 g/mol. The Morgan fingerprint density at radius 2 is 1.73 bits per heavy atom. The van der Waals surface area contributed by atoms with Gasteiger partial charge in [-0.2, -0.15) is 0 Å². The van der Waals surface area contributed by atoms with Crippen molar-refractivity contribution >= 4 is 34.8 Å². The van der Waals surface area contributed by atoms with Crippen molar-refractivity contribution in [3.63, 3.8) is 0 Å². The molecule has 4 heterocycles. The fourth-order valence-electron chi connectivity index (χ4n) is 5.55. The number of likely N-dealkylation sites (N-methyl/N-ethyl adjacent to an activating group) is 1. The lowest BCUT2D eigenvalue weighted by Gasteiger charge is -2.44. The molecule has 5 rings (SSSR count). The molecule has 3 aliphatic rings. The maximum atomic E-state index is 12.9. The van der Waals surface area contributed by atoms with Gasteiger partial charge in [0.25, 0.3) is 5.91 Å². The van der Waals surface area contributed by atoms with E-state index in [-0.39, 0.29) is 29.9 Å². The lowest BCUT2D eigenvalue weighted by molar-refractivity contribution is -0.119. The van der Waals surface area contributed by atoms with Gasteiger partial charge in [-0.3, -0.25) is 14.6 Å². The number of nitrogens with zero attached hydrogens (tertiary/aromatic N) is 5. The number of amides is 2. The minimum atomic E-state index is -0.294. The number of rotatable bonds is 5. The van der Waals surface area contributed by atoms with Crippen LogP contribution in [0.5, 0.6) is 0 Å². The molecular formula is C27H37N7O3. The standard InChI is InChI=1S/C27H37N7O3/c1-18-26(35)32(3)23-8-9-24(30-25(23)33(18)21-12-16-37-17-13-21)29-20-6-4-19(5-7-20)27(36)34(28)22-10-14-31(2)15-11-22/h4-9,18,21-22H,10-17,28H2,1-3H3,(H,29,30)/t18-/m1/s1. The number of pyridine rings is 1. The van der Waals surface area contributed by atoms with E-state index in [4.69, 9.17) is 15.6 Å². The second-order valence-electron chi connectivity index (χ2n) is 10.3. The summed E-state index contributed by atoms with van der Waals surface area (Å²) in [5.41, 5.74) is 2.18. The Balaban J connectivity index is 1.32. The number of benzene rings is 1. The summed E-state index contributed by atoms with van der Waals surface area (Å²) in [4.78, 5) is 36.9. The van der Waals surface area contributed by atoms with Crippen LogP contribution in [0.4, 0.5) is 23.0 Å². The topological polar surface area (TPSA) is 107 Å². The van der Waals surface area contributed by atoms with Crippen molar-refractivity contribution in [2.24, 2.45) is 5.84 Å². The molecule has 2 fully saturated rings. The van der Waals surface area contributed by atoms with Gasteiger partial charge in [0.05, 0.1) is 11.7 Å². The molecule has 0 aliphatic carbocycles. The highest BCUT2D eigenvalue weighted by atomic mass is 16.5. The smallest absolute Gasteiger partial charge is 0.268 e. The predicted molar refractivity (Wildman–Crippen MR) is 144 cm³/mol. The molecule has 1 aromatic heterocycles. The van der Waals surface area contributed by atoms with Gasteiger partial charge in [-0.1, -0.05) is 0 Å². The molecule has 37 heavy (non-hydrogen) atoms. The van der Waals surface area contributed by atoms with Crippen molar-refractivity contribution in [1.29, 1.82) is 0 Å². The third-order valence-electron chi connectivity index (χ3n) is 7.87. The number of carbonyl (C=O) groups is 2. The average Bonchev–Trinajstić information content (AvgIpc) is 2.92. The summed E-state index contributed by atoms with van der Waals surface area (Å²) in [5.74, 6) is 7.58. The first-order valence-corrected chi connectivity index (χ1v) is 13.1. The Bertz CT molecular complexity index is 1130. The van der Waals surface area contributed by atoms with Gasteiger partial charge < -0.3 is 24.8 Å². The molecule has 2 aromatic rings. The lowest BCUT2D eigenvalue weighted by atomic mass is 10.0. The van der Waals surface area contributed by atoms with Crippen molar-refractivity contribution < 1.29 is 14.3 Å². The normalized spacial score (nSPS) is 21.6. The molecule has 1 aromatic carbocycles. The van der Waals surface area contributed by atoms with E-state index in [0.717, 1.165) is 56.0 Å². The molecule has 0 unspecified atom stereocenters. The van der Waals surface area contributed by atoms with Crippen molar-refractivity contribution in [2.75, 3.05) is 55.5 Å². The third-order valence-corrected chi connectivity index (χ3v) is 7.87. The summed E-state index contributed by atoms with van der Waals surface area (Å²) in [6.45, 7) is 5.21. The minimum Gasteiger partial charge on any atom is -0.381 e. The van der Waals surface area contributed by atoms with Crippen molar-refractivity contribution in [2.45, 2.75) is 50.7 Å². The monoisotopic (exact) mass is 507 g/mol. The highest BCUT2D eigenvalue weighted by Gasteiger charge is 2.39. The van der Waals surface area contributed by atoms with Crippen LogP contribution in [0.3, 0.4) is 0 Å². The van der Waals surface area contributed by atoms with Crippen LogP contribution in [-0.4, -0.2) is 85.2 Å². The second-order valence-corrected chi connectivity index (χ2v) is 10.3. The Morgan fingerprint density at radius 1 is 1.05 bits per heavy atom. The van der Waals surface area contributed by atoms with Gasteiger partial charge in [-0.05, 0) is 89.1 Å². The maximum Gasteiger partial charge on any atom is 0.268 e. The number of ether oxygens (including phenoxy) is 1. The zero-order valence-electron chi connectivity index (χ0n) is 21.9. The second kappa shape index (κ2) is 10.6. The Hall–Kier alpha value is -3.21. The van der Waals surface area contributed by atoms with Crippen LogP contribution in [0.25, 0.3) is 0 Å². The van der Waals surface area contributed by atoms with Crippen molar-refractivity contribution in [3.8, 4) is 0 Å². The van der Waals surface area contributed by atoms with Crippen LogP contribution >= 0.6 is 0 Å². The summed E-state index contributed by atoms with van der Waals surface area (Å²) in [5, 5.41) is 4.75. The summed E-state index contributed by atoms with van der Waals surface area (Å²) < 4.78 is 5.55. The first-order valence-electron chi connectivity index (χ1n) is 13.1. The largest absolute Gasteiger partial charge is 0.381 e. The summed E-state index contributed by atoms with van der Waals surface area (Å²) in [6, 6.07) is 11.1. The van der Waals surface area contributed by atoms with Gasteiger partial charge in [0.1, 0.15) is 11.9 Å². The van der Waals surface area contributed by atoms with Gasteiger partial charge in [0.2, 0.25) is 5.91 Å². The van der Waals surface area contributed by atoms with E-state index >= 15 is 0 Å². The van der Waals surface area contributed by atoms with E-state index in [2.05, 4.69) is 22.2 Å². The minimum absolute atomic E-state index is 0.0623. The molecule has 198 valence electrons. The molecule has 0 saturated carbocycles. The van der Waals surface area contributed by atoms with Gasteiger partial charge >= 0.3 is 0 Å². The highest BCUT2D eigenvalue weighted by molar-refractivity contribution is 6.04. The number of fused-ring (bicyclic) bond motifs is 1. The highest BCUT2D eigenvalue weighted by Crippen LogP contribution is 2.38. The van der Waals surface area contributed by atoms with Crippen LogP contribution in [0.15, 0.2) is 36.4 Å². The molecule has 10 nitrogen and oxygen atoms in total. The molecule has 0 spiro atoms. The van der Waals surface area contributed by atoms with Gasteiger partial charge in [-0.25, -0.2) is 10.8 Å². The van der Waals surface area contributed by atoms with Crippen LogP contribution in [-0.2, 0) is 9.53 Å². The van der Waals surface area contributed by atoms with Crippen LogP contribution < -0.4 is 21.0 Å². The number of nitrogens with one attached hydrogen (secondary N) is 1. The number of aromatic nitrogens is 1. The molecule has 0 radical (unpaired) electrons. The summed E-state index contributed by atoms with van der Waals surface area (Å²) in [6.07, 6.45) is 3.50. The fourth-order valence-corrected chi connectivity index (χ4v) is 5.55. The van der Waals surface area contributed by atoms with E-state index < -0.39 is 0 Å². The number of piperidine rings is 1. The lowest BCUT2D eigenvalue weighted by Crippen LogP contribution is -2.56.